The van der Waals surface area contributed by atoms with Gasteiger partial charge in [-0.15, -0.1) is 0 Å². The minimum atomic E-state index is -0.0524. The molecular weight excluding hydrogens is 314 g/mol. The van der Waals surface area contributed by atoms with Gasteiger partial charge < -0.3 is 5.32 Å². The van der Waals surface area contributed by atoms with Crippen molar-refractivity contribution in [3.8, 4) is 0 Å². The number of pyridine rings is 1. The Morgan fingerprint density at radius 3 is 3.00 bits per heavy atom. The molecule has 1 aliphatic rings. The molecule has 1 aliphatic heterocycles. The molecule has 23 heavy (non-hydrogen) atoms. The van der Waals surface area contributed by atoms with Crippen molar-refractivity contribution in [2.24, 2.45) is 0 Å². The Bertz CT molecular complexity index is 669. The zero-order valence-corrected chi connectivity index (χ0v) is 13.8. The predicted octanol–water partition coefficient (Wildman–Crippen LogP) is 2.34. The van der Waals surface area contributed by atoms with Gasteiger partial charge in [-0.25, -0.2) is 4.98 Å². The van der Waals surface area contributed by atoms with Gasteiger partial charge in [-0.1, -0.05) is 11.6 Å². The van der Waals surface area contributed by atoms with E-state index in [-0.39, 0.29) is 5.91 Å². The third kappa shape index (κ3) is 4.30. The zero-order valence-electron chi connectivity index (χ0n) is 13.1. The van der Waals surface area contributed by atoms with Crippen molar-refractivity contribution in [1.29, 1.82) is 0 Å². The normalized spacial score (nSPS) is 18.3. The zero-order chi connectivity index (χ0) is 16.2. The summed E-state index contributed by atoms with van der Waals surface area (Å²) in [5.74, 6) is 0.473. The Morgan fingerprint density at radius 1 is 1.43 bits per heavy atom. The van der Waals surface area contributed by atoms with E-state index in [1.807, 2.05) is 24.0 Å². The number of nitrogens with one attached hydrogen (secondary N) is 1. The number of rotatable bonds is 5. The fourth-order valence-electron chi connectivity index (χ4n) is 2.91. The topological polar surface area (TPSA) is 63.1 Å². The van der Waals surface area contributed by atoms with Crippen LogP contribution in [0.25, 0.3) is 0 Å². The number of amides is 1. The van der Waals surface area contributed by atoms with Crippen LogP contribution in [0.15, 0.2) is 30.7 Å². The molecule has 0 bridgehead atoms. The molecule has 0 saturated carbocycles. The maximum absolute atomic E-state index is 12.2. The minimum Gasteiger partial charge on any atom is -0.310 e. The monoisotopic (exact) mass is 333 g/mol. The number of anilines is 1. The molecule has 1 amide bonds. The van der Waals surface area contributed by atoms with E-state index < -0.39 is 0 Å². The van der Waals surface area contributed by atoms with Gasteiger partial charge in [0, 0.05) is 18.4 Å². The van der Waals surface area contributed by atoms with Gasteiger partial charge in [0.2, 0.25) is 5.91 Å². The second kappa shape index (κ2) is 7.10. The highest BCUT2D eigenvalue weighted by Crippen LogP contribution is 2.19. The molecule has 7 heteroatoms. The van der Waals surface area contributed by atoms with Crippen molar-refractivity contribution in [2.45, 2.75) is 32.4 Å². The highest BCUT2D eigenvalue weighted by molar-refractivity contribution is 6.30. The molecule has 3 heterocycles. The highest BCUT2D eigenvalue weighted by Gasteiger charge is 2.26. The lowest BCUT2D eigenvalue weighted by atomic mass is 10.2. The number of aromatic nitrogens is 3. The summed E-state index contributed by atoms with van der Waals surface area (Å²) in [5.41, 5.74) is 1.15. The highest BCUT2D eigenvalue weighted by atomic mass is 35.5. The summed E-state index contributed by atoms with van der Waals surface area (Å²) < 4.78 is 1.96. The van der Waals surface area contributed by atoms with E-state index in [1.165, 1.54) is 6.20 Å². The lowest BCUT2D eigenvalue weighted by Crippen LogP contribution is -2.39. The Hall–Kier alpha value is -1.92. The molecule has 0 aromatic carbocycles. The summed E-state index contributed by atoms with van der Waals surface area (Å²) in [7, 11) is 0. The van der Waals surface area contributed by atoms with E-state index in [0.29, 0.717) is 23.4 Å². The molecule has 0 radical (unpaired) electrons. The van der Waals surface area contributed by atoms with Gasteiger partial charge in [0.25, 0.3) is 0 Å². The number of halogens is 1. The van der Waals surface area contributed by atoms with Gasteiger partial charge >= 0.3 is 0 Å². The number of hydrogen-bond donors (Lipinski definition) is 1. The molecule has 122 valence electrons. The smallest absolute Gasteiger partial charge is 0.239 e. The van der Waals surface area contributed by atoms with Crippen molar-refractivity contribution < 1.29 is 4.79 Å². The van der Waals surface area contributed by atoms with Crippen LogP contribution >= 0.6 is 11.6 Å². The Balaban J connectivity index is 1.55. The van der Waals surface area contributed by atoms with E-state index in [2.05, 4.69) is 20.3 Å². The van der Waals surface area contributed by atoms with Crippen molar-refractivity contribution in [1.82, 2.24) is 19.7 Å². The lowest BCUT2D eigenvalue weighted by Gasteiger charge is -2.23. The number of carbonyl (C=O) groups is 1. The van der Waals surface area contributed by atoms with Crippen molar-refractivity contribution in [2.75, 3.05) is 18.4 Å². The molecule has 1 saturated heterocycles. The molecule has 0 aliphatic carbocycles. The second-order valence-electron chi connectivity index (χ2n) is 5.92. The number of hydrogen-bond acceptors (Lipinski definition) is 4. The summed E-state index contributed by atoms with van der Waals surface area (Å²) in [6.45, 7) is 4.16. The Morgan fingerprint density at radius 2 is 2.30 bits per heavy atom. The molecule has 0 unspecified atom stereocenters. The van der Waals surface area contributed by atoms with E-state index >= 15 is 0 Å². The summed E-state index contributed by atoms with van der Waals surface area (Å²) in [5, 5.41) is 7.70. The first-order chi connectivity index (χ1) is 11.1. The first-order valence-corrected chi connectivity index (χ1v) is 8.12. The summed E-state index contributed by atoms with van der Waals surface area (Å²) in [4.78, 5) is 18.5. The van der Waals surface area contributed by atoms with Crippen LogP contribution in [0.3, 0.4) is 0 Å². The number of carbonyl (C=O) groups excluding carboxylic acids is 1. The van der Waals surface area contributed by atoms with Crippen LogP contribution < -0.4 is 5.32 Å². The van der Waals surface area contributed by atoms with Gasteiger partial charge in [-0.05, 0) is 44.0 Å². The van der Waals surface area contributed by atoms with E-state index in [1.54, 1.807) is 12.1 Å². The van der Waals surface area contributed by atoms with Gasteiger partial charge in [-0.2, -0.15) is 5.10 Å². The maximum Gasteiger partial charge on any atom is 0.239 e. The fraction of sp³-hybridized carbons (Fsp3) is 0.438. The van der Waals surface area contributed by atoms with Crippen LogP contribution in [0.5, 0.6) is 0 Å². The van der Waals surface area contributed by atoms with Gasteiger partial charge in [0.1, 0.15) is 5.82 Å². The quantitative estimate of drug-likeness (QED) is 0.912. The average molecular weight is 334 g/mol. The molecule has 2 aromatic heterocycles. The molecule has 2 aromatic rings. The van der Waals surface area contributed by atoms with Crippen molar-refractivity contribution >= 4 is 23.3 Å². The average Bonchev–Trinajstić information content (AvgIpc) is 3.11. The third-order valence-corrected chi connectivity index (χ3v) is 4.22. The van der Waals surface area contributed by atoms with Crippen LogP contribution in [-0.2, 0) is 11.3 Å². The minimum absolute atomic E-state index is 0.0524. The Labute approximate surface area is 140 Å². The lowest BCUT2D eigenvalue weighted by molar-refractivity contribution is -0.117. The molecule has 1 atom stereocenters. The van der Waals surface area contributed by atoms with Crippen LogP contribution in [-0.4, -0.2) is 44.7 Å². The Kier molecular flexibility index (Phi) is 4.93. The molecular formula is C16H20ClN5O. The summed E-state index contributed by atoms with van der Waals surface area (Å²) in [6, 6.07) is 3.76. The third-order valence-electron chi connectivity index (χ3n) is 4.00. The predicted molar refractivity (Wildman–Crippen MR) is 89.4 cm³/mol. The van der Waals surface area contributed by atoms with Crippen LogP contribution in [0.4, 0.5) is 5.82 Å². The first-order valence-electron chi connectivity index (χ1n) is 7.74. The molecule has 1 fully saturated rings. The molecule has 0 spiro atoms. The standard InChI is InChI=1S/C16H20ClN5O/c1-12-7-19-22(9-12)10-14-3-2-6-21(14)11-16(23)20-15-5-4-13(17)8-18-15/h4-5,7-9,14H,2-3,6,10-11H2,1H3,(H,18,20,23)/t14-/m1/s1. The largest absolute Gasteiger partial charge is 0.310 e. The van der Waals surface area contributed by atoms with Crippen LogP contribution in [0, 0.1) is 6.92 Å². The van der Waals surface area contributed by atoms with Gasteiger partial charge in [-0.3, -0.25) is 14.4 Å². The SMILES string of the molecule is Cc1cnn(C[C@H]2CCCN2CC(=O)Nc2ccc(Cl)cn2)c1. The molecule has 3 rings (SSSR count). The van der Waals surface area contributed by atoms with Gasteiger partial charge in [0.15, 0.2) is 0 Å². The maximum atomic E-state index is 12.2. The molecule has 1 N–H and O–H groups in total. The summed E-state index contributed by atoms with van der Waals surface area (Å²) >= 11 is 5.79. The van der Waals surface area contributed by atoms with Crippen molar-refractivity contribution in [3.63, 3.8) is 0 Å². The summed E-state index contributed by atoms with van der Waals surface area (Å²) in [6.07, 6.45) is 7.62. The fourth-order valence-corrected chi connectivity index (χ4v) is 3.02. The number of aryl methyl sites for hydroxylation is 1. The van der Waals surface area contributed by atoms with Crippen LogP contribution in [0.2, 0.25) is 5.02 Å². The van der Waals surface area contributed by atoms with Gasteiger partial charge in [0.05, 0.1) is 24.3 Å². The molecule has 6 nitrogen and oxygen atoms in total. The number of likely N-dealkylation sites (tertiary alicyclic amines) is 1. The second-order valence-corrected chi connectivity index (χ2v) is 6.35. The van der Waals surface area contributed by atoms with Crippen molar-refractivity contribution in [3.05, 3.63) is 41.3 Å². The number of nitrogens with zero attached hydrogens (tertiary/aromatic N) is 4. The van der Waals surface area contributed by atoms with E-state index in [4.69, 9.17) is 11.6 Å². The first kappa shape index (κ1) is 16.0. The van der Waals surface area contributed by atoms with E-state index in [9.17, 15) is 4.79 Å². The van der Waals surface area contributed by atoms with E-state index in [0.717, 1.165) is 31.5 Å². The van der Waals surface area contributed by atoms with Crippen LogP contribution in [0.1, 0.15) is 18.4 Å².